The Bertz CT molecular complexity index is 2490. The van der Waals surface area contributed by atoms with Crippen molar-refractivity contribution in [2.45, 2.75) is 95.6 Å². The molecular formula is C54H60FN3O9. The van der Waals surface area contributed by atoms with Crippen molar-refractivity contribution in [1.29, 1.82) is 5.26 Å². The molecule has 1 amide bonds. The molecule has 1 saturated carbocycles. The van der Waals surface area contributed by atoms with Gasteiger partial charge in [0.25, 0.3) is 5.91 Å². The van der Waals surface area contributed by atoms with Crippen LogP contribution < -0.4 is 14.2 Å². The van der Waals surface area contributed by atoms with Crippen molar-refractivity contribution < 1.29 is 48.0 Å². The lowest BCUT2D eigenvalue weighted by atomic mass is 9.55. The Morgan fingerprint density at radius 2 is 1.69 bits per heavy atom. The van der Waals surface area contributed by atoms with Crippen molar-refractivity contribution in [3.63, 3.8) is 0 Å². The van der Waals surface area contributed by atoms with Crippen LogP contribution in [0.25, 0.3) is 0 Å². The molecule has 7 rings (SSSR count). The number of unbranched alkanes of at least 4 members (excludes halogenated alkanes) is 2. The molecule has 352 valence electrons. The van der Waals surface area contributed by atoms with Gasteiger partial charge in [0, 0.05) is 43.2 Å². The number of aliphatic hydroxyl groups excluding tert-OH is 2. The Morgan fingerprint density at radius 1 is 0.985 bits per heavy atom. The molecule has 0 radical (unpaired) electrons. The first-order valence-electron chi connectivity index (χ1n) is 23.0. The molecule has 1 aliphatic heterocycles. The Hall–Kier alpha value is -6.33. The summed E-state index contributed by atoms with van der Waals surface area (Å²) < 4.78 is 40.9. The maximum absolute atomic E-state index is 15.3. The molecule has 0 aromatic heterocycles. The molecule has 4 aromatic carbocycles. The molecule has 13 heteroatoms. The van der Waals surface area contributed by atoms with Gasteiger partial charge in [0.05, 0.1) is 42.5 Å². The number of amides is 1. The zero-order chi connectivity index (χ0) is 47.7. The number of carbonyl (C=O) groups is 2. The number of fused-ring (bicyclic) bond motifs is 2. The van der Waals surface area contributed by atoms with Crippen LogP contribution in [0.15, 0.2) is 114 Å². The van der Waals surface area contributed by atoms with Crippen molar-refractivity contribution in [3.8, 4) is 29.1 Å². The van der Waals surface area contributed by atoms with Crippen LogP contribution in [-0.2, 0) is 16.1 Å². The fourth-order valence-electron chi connectivity index (χ4n) is 9.87. The summed E-state index contributed by atoms with van der Waals surface area (Å²) in [6, 6.07) is 24.4. The van der Waals surface area contributed by atoms with E-state index in [1.54, 1.807) is 71.6 Å². The van der Waals surface area contributed by atoms with Gasteiger partial charge >= 0.3 is 0 Å². The van der Waals surface area contributed by atoms with Crippen LogP contribution in [-0.4, -0.2) is 77.4 Å². The average molecular weight is 914 g/mol. The quantitative estimate of drug-likeness (QED) is 0.0378. The number of ether oxygens (including phenoxy) is 4. The van der Waals surface area contributed by atoms with Gasteiger partial charge in [-0.25, -0.2) is 4.39 Å². The van der Waals surface area contributed by atoms with Gasteiger partial charge in [-0.3, -0.25) is 9.59 Å². The second-order valence-electron chi connectivity index (χ2n) is 18.3. The fraction of sp³-hybridized carbons (Fsp3) is 0.407. The van der Waals surface area contributed by atoms with Crippen LogP contribution in [0.1, 0.15) is 109 Å². The summed E-state index contributed by atoms with van der Waals surface area (Å²) in [4.78, 5) is 35.3. The van der Waals surface area contributed by atoms with Crippen molar-refractivity contribution >= 4 is 17.9 Å². The Balaban J connectivity index is 1.49. The third kappa shape index (κ3) is 10.8. The summed E-state index contributed by atoms with van der Waals surface area (Å²) in [6.07, 6.45) is 8.96. The molecule has 0 unspecified atom stereocenters. The van der Waals surface area contributed by atoms with E-state index in [9.17, 15) is 24.7 Å². The highest BCUT2D eigenvalue weighted by atomic mass is 19.1. The second-order valence-corrected chi connectivity index (χ2v) is 18.3. The molecule has 0 bridgehead atoms. The number of benzene rings is 4. The number of methoxy groups -OCH3 is 1. The minimum Gasteiger partial charge on any atom is -0.496 e. The highest BCUT2D eigenvalue weighted by molar-refractivity contribution is 6.03. The molecule has 1 heterocycles. The number of rotatable bonds is 20. The second kappa shape index (κ2) is 21.5. The van der Waals surface area contributed by atoms with E-state index in [0.29, 0.717) is 70.1 Å². The summed E-state index contributed by atoms with van der Waals surface area (Å²) in [7, 11) is 1.50. The highest BCUT2D eigenvalue weighted by Crippen LogP contribution is 2.62. The third-order valence-corrected chi connectivity index (χ3v) is 12.8. The number of hydrogen-bond acceptors (Lipinski definition) is 11. The van der Waals surface area contributed by atoms with Crippen LogP contribution in [0.4, 0.5) is 4.39 Å². The summed E-state index contributed by atoms with van der Waals surface area (Å²) in [6.45, 7) is 9.96. The normalized spacial score (nSPS) is 22.3. The molecule has 4 aromatic rings. The van der Waals surface area contributed by atoms with E-state index in [2.05, 4.69) is 18.7 Å². The van der Waals surface area contributed by atoms with Crippen molar-refractivity contribution in [2.24, 2.45) is 22.9 Å². The van der Waals surface area contributed by atoms with Gasteiger partial charge in [-0.2, -0.15) is 5.26 Å². The predicted octanol–water partition coefficient (Wildman–Crippen LogP) is 10.1. The van der Waals surface area contributed by atoms with E-state index in [1.807, 2.05) is 32.9 Å². The topological polar surface area (TPSA) is 160 Å². The van der Waals surface area contributed by atoms with E-state index in [0.717, 1.165) is 36.8 Å². The summed E-state index contributed by atoms with van der Waals surface area (Å²) in [5.41, 5.74) is 3.35. The zero-order valence-electron chi connectivity index (χ0n) is 38.7. The molecule has 67 heavy (non-hydrogen) atoms. The smallest absolute Gasteiger partial charge is 0.254 e. The van der Waals surface area contributed by atoms with Crippen molar-refractivity contribution in [2.75, 3.05) is 26.9 Å². The van der Waals surface area contributed by atoms with Crippen molar-refractivity contribution in [3.05, 3.63) is 143 Å². The summed E-state index contributed by atoms with van der Waals surface area (Å²) >= 11 is 0. The van der Waals surface area contributed by atoms with Gasteiger partial charge in [0.1, 0.15) is 40.5 Å². The number of carbonyl (C=O) groups excluding carboxylic acids is 2. The van der Waals surface area contributed by atoms with Gasteiger partial charge in [0.15, 0.2) is 6.29 Å². The SMILES string of the molecule is C=CCO[C@@]12Oc3ccc(Oc4ccc(OC)c(C=O)c4)cc3[C@H]3[C@H](CCCCO)[C@@H](CCCCO)C=C(C(=NOC(C)(C)C)C[C@@H]1N(Cc1ccc(F)cc1)C(=O)c1ccc(C#N)cc1)[C@H]32. The number of nitrogens with zero attached hydrogens (tertiary/aromatic N) is 3. The van der Waals surface area contributed by atoms with Gasteiger partial charge in [-0.15, -0.1) is 6.58 Å². The van der Waals surface area contributed by atoms with Crippen LogP contribution in [0.2, 0.25) is 0 Å². The highest BCUT2D eigenvalue weighted by Gasteiger charge is 2.65. The zero-order valence-corrected chi connectivity index (χ0v) is 38.7. The number of aldehydes is 1. The average Bonchev–Trinajstić information content (AvgIpc) is 3.33. The number of oxime groups is 1. The lowest BCUT2D eigenvalue weighted by molar-refractivity contribution is -0.255. The predicted molar refractivity (Wildman–Crippen MR) is 252 cm³/mol. The summed E-state index contributed by atoms with van der Waals surface area (Å²) in [5, 5.41) is 34.6. The molecule has 6 atom stereocenters. The first kappa shape index (κ1) is 48.6. The maximum atomic E-state index is 15.3. The van der Waals surface area contributed by atoms with Gasteiger partial charge in [-0.1, -0.05) is 42.3 Å². The first-order chi connectivity index (χ1) is 32.4. The molecule has 1 fully saturated rings. The minimum atomic E-state index is -1.58. The number of halogens is 1. The van der Waals surface area contributed by atoms with Crippen molar-refractivity contribution in [1.82, 2.24) is 4.90 Å². The minimum absolute atomic E-state index is 0.0159. The monoisotopic (exact) mass is 913 g/mol. The molecule has 2 N–H and O–H groups in total. The number of nitriles is 1. The van der Waals surface area contributed by atoms with Crippen LogP contribution in [0.5, 0.6) is 23.0 Å². The third-order valence-electron chi connectivity index (χ3n) is 12.8. The lowest BCUT2D eigenvalue weighted by Gasteiger charge is -2.60. The van der Waals surface area contributed by atoms with Crippen LogP contribution in [0, 0.1) is 34.9 Å². The summed E-state index contributed by atoms with van der Waals surface area (Å²) in [5.74, 6) is -1.54. The first-order valence-corrected chi connectivity index (χ1v) is 23.0. The van der Waals surface area contributed by atoms with E-state index in [4.69, 9.17) is 28.9 Å². The fourth-order valence-corrected chi connectivity index (χ4v) is 9.87. The van der Waals surface area contributed by atoms with Gasteiger partial charge in [-0.05, 0) is 142 Å². The number of aliphatic hydroxyl groups is 2. The Morgan fingerprint density at radius 3 is 2.34 bits per heavy atom. The molecule has 2 aliphatic carbocycles. The largest absolute Gasteiger partial charge is 0.496 e. The lowest BCUT2D eigenvalue weighted by Crippen LogP contribution is -2.70. The molecular weight excluding hydrogens is 854 g/mol. The standard InChI is InChI=1S/C54H60FN3O9/c1-6-27-64-54-49(58(33-36-15-19-40(55)20-16-36)52(62)37-17-13-35(32-56)14-18-37)31-46(57-67-53(2,3)4)44-29-38(11-7-9-25-59)43(12-8-10-26-60)50(51(44)54)45-30-42(22-24-48(45)66-54)65-41-21-23-47(63-5)39(28-41)34-61/h6,13-24,28-30,34,38,43,49-51,59-60H,1,7-12,25-27,31,33H2,2-5H3/t38-,43+,49-,50+,51+,54+/m0/s1. The molecule has 3 aliphatic rings. The van der Waals surface area contributed by atoms with E-state index in [1.165, 1.54) is 19.2 Å². The van der Waals surface area contributed by atoms with Crippen LogP contribution in [0.3, 0.4) is 0 Å². The molecule has 12 nitrogen and oxygen atoms in total. The molecule has 0 spiro atoms. The Kier molecular flexibility index (Phi) is 15.6. The number of allylic oxidation sites excluding steroid dienone is 1. The number of hydrogen-bond donors (Lipinski definition) is 2. The van der Waals surface area contributed by atoms with Gasteiger partial charge < -0.3 is 38.9 Å². The van der Waals surface area contributed by atoms with Gasteiger partial charge in [0.2, 0.25) is 5.79 Å². The molecule has 0 saturated heterocycles. The van der Waals surface area contributed by atoms with E-state index in [-0.39, 0.29) is 56.4 Å². The van der Waals surface area contributed by atoms with Crippen LogP contribution >= 0.6 is 0 Å². The van der Waals surface area contributed by atoms with E-state index < -0.39 is 29.2 Å². The van der Waals surface area contributed by atoms with E-state index >= 15 is 4.79 Å². The Labute approximate surface area is 392 Å². The maximum Gasteiger partial charge on any atom is 0.254 e.